The van der Waals surface area contributed by atoms with E-state index in [1.54, 1.807) is 0 Å². The van der Waals surface area contributed by atoms with Crippen molar-refractivity contribution in [2.45, 2.75) is 18.8 Å². The number of benzene rings is 2. The van der Waals surface area contributed by atoms with Crippen molar-refractivity contribution in [1.82, 2.24) is 5.32 Å². The molecule has 2 aromatic rings. The van der Waals surface area contributed by atoms with Crippen LogP contribution in [0.3, 0.4) is 0 Å². The summed E-state index contributed by atoms with van der Waals surface area (Å²) >= 11 is 0. The van der Waals surface area contributed by atoms with Crippen molar-refractivity contribution >= 4 is 23.4 Å². The zero-order chi connectivity index (χ0) is 17.3. The fourth-order valence-electron chi connectivity index (χ4n) is 3.76. The Morgan fingerprint density at radius 2 is 1.92 bits per heavy atom. The number of aliphatic imine (C=N–C) groups is 1. The van der Waals surface area contributed by atoms with Crippen LogP contribution in [0.2, 0.25) is 0 Å². The summed E-state index contributed by atoms with van der Waals surface area (Å²) in [5.74, 6) is -0.296. The number of rotatable bonds is 3. The number of carbonyl (C=O) groups excluding carboxylic acids is 1. The molecule has 4 nitrogen and oxygen atoms in total. The Bertz CT molecular complexity index is 870. The van der Waals surface area contributed by atoms with Crippen molar-refractivity contribution in [3.05, 3.63) is 71.4 Å². The van der Waals surface area contributed by atoms with Crippen LogP contribution in [0.1, 0.15) is 24.5 Å². The van der Waals surface area contributed by atoms with E-state index in [2.05, 4.69) is 16.4 Å². The molecule has 1 saturated heterocycles. The van der Waals surface area contributed by atoms with Gasteiger partial charge >= 0.3 is 5.97 Å². The van der Waals surface area contributed by atoms with Crippen LogP contribution >= 0.6 is 0 Å². The van der Waals surface area contributed by atoms with Gasteiger partial charge in [-0.25, -0.2) is 4.79 Å². The lowest BCUT2D eigenvalue weighted by atomic mass is 9.77. The SMILES string of the molecule is CCOC(=O)/C(=C1\NCCC12C=Nc1ccccc12)c1ccccc1. The fourth-order valence-corrected chi connectivity index (χ4v) is 3.76. The molecule has 2 aromatic carbocycles. The summed E-state index contributed by atoms with van der Waals surface area (Å²) < 4.78 is 5.38. The molecule has 0 radical (unpaired) electrons. The second kappa shape index (κ2) is 6.20. The minimum atomic E-state index is -0.380. The maximum absolute atomic E-state index is 12.8. The van der Waals surface area contributed by atoms with Crippen LogP contribution in [0, 0.1) is 0 Å². The third-order valence-electron chi connectivity index (χ3n) is 4.87. The van der Waals surface area contributed by atoms with Crippen molar-refractivity contribution in [2.24, 2.45) is 4.99 Å². The highest BCUT2D eigenvalue weighted by molar-refractivity contribution is 6.19. The summed E-state index contributed by atoms with van der Waals surface area (Å²) in [7, 11) is 0. The van der Waals surface area contributed by atoms with Gasteiger partial charge in [-0.2, -0.15) is 0 Å². The van der Waals surface area contributed by atoms with Gasteiger partial charge in [0, 0.05) is 18.5 Å². The monoisotopic (exact) mass is 332 g/mol. The highest BCUT2D eigenvalue weighted by Gasteiger charge is 2.46. The van der Waals surface area contributed by atoms with Crippen LogP contribution in [0.5, 0.6) is 0 Å². The van der Waals surface area contributed by atoms with Gasteiger partial charge in [-0.3, -0.25) is 4.99 Å². The minimum Gasteiger partial charge on any atom is -0.462 e. The quantitative estimate of drug-likeness (QED) is 0.690. The molecule has 0 saturated carbocycles. The first-order valence-corrected chi connectivity index (χ1v) is 8.62. The van der Waals surface area contributed by atoms with E-state index in [4.69, 9.17) is 4.74 Å². The molecule has 2 aliphatic heterocycles. The second-order valence-corrected chi connectivity index (χ2v) is 6.26. The molecule has 0 amide bonds. The van der Waals surface area contributed by atoms with E-state index in [9.17, 15) is 4.79 Å². The second-order valence-electron chi connectivity index (χ2n) is 6.26. The highest BCUT2D eigenvalue weighted by atomic mass is 16.5. The Morgan fingerprint density at radius 1 is 1.16 bits per heavy atom. The molecule has 0 bridgehead atoms. The minimum absolute atomic E-state index is 0.296. The van der Waals surface area contributed by atoms with E-state index in [0.717, 1.165) is 35.5 Å². The molecule has 2 heterocycles. The molecular weight excluding hydrogens is 312 g/mol. The van der Waals surface area contributed by atoms with Crippen molar-refractivity contribution < 1.29 is 9.53 Å². The zero-order valence-electron chi connectivity index (χ0n) is 14.2. The number of hydrogen-bond acceptors (Lipinski definition) is 4. The molecule has 1 atom stereocenters. The molecular formula is C21H20N2O2. The van der Waals surface area contributed by atoms with E-state index >= 15 is 0 Å². The third kappa shape index (κ3) is 2.45. The lowest BCUT2D eigenvalue weighted by Crippen LogP contribution is -2.29. The van der Waals surface area contributed by atoms with Gasteiger partial charge in [-0.05, 0) is 30.5 Å². The normalized spacial score (nSPS) is 22.6. The predicted octanol–water partition coefficient (Wildman–Crippen LogP) is 3.61. The van der Waals surface area contributed by atoms with Gasteiger partial charge in [-0.15, -0.1) is 0 Å². The number of carbonyl (C=O) groups is 1. The number of nitrogens with one attached hydrogen (secondary N) is 1. The third-order valence-corrected chi connectivity index (χ3v) is 4.87. The van der Waals surface area contributed by atoms with Crippen LogP contribution in [0.4, 0.5) is 5.69 Å². The summed E-state index contributed by atoms with van der Waals surface area (Å²) in [6.07, 6.45) is 2.85. The van der Waals surface area contributed by atoms with Gasteiger partial charge in [-0.1, -0.05) is 48.5 Å². The largest absolute Gasteiger partial charge is 0.462 e. The maximum atomic E-state index is 12.8. The van der Waals surface area contributed by atoms with Crippen molar-refractivity contribution in [1.29, 1.82) is 0 Å². The first kappa shape index (κ1) is 15.6. The first-order valence-electron chi connectivity index (χ1n) is 8.62. The highest BCUT2D eigenvalue weighted by Crippen LogP contribution is 2.47. The predicted molar refractivity (Wildman–Crippen MR) is 98.9 cm³/mol. The number of hydrogen-bond donors (Lipinski definition) is 1. The van der Waals surface area contributed by atoms with Gasteiger partial charge in [0.1, 0.15) is 0 Å². The van der Waals surface area contributed by atoms with Gasteiger partial charge < -0.3 is 10.1 Å². The molecule has 4 heteroatoms. The summed E-state index contributed by atoms with van der Waals surface area (Å²) in [4.78, 5) is 17.4. The molecule has 0 aromatic heterocycles. The average Bonchev–Trinajstić information content (AvgIpc) is 3.23. The number of ether oxygens (including phenoxy) is 1. The van der Waals surface area contributed by atoms with Crippen LogP contribution < -0.4 is 5.32 Å². The van der Waals surface area contributed by atoms with E-state index in [1.807, 2.05) is 61.7 Å². The van der Waals surface area contributed by atoms with Crippen LogP contribution in [-0.4, -0.2) is 25.3 Å². The summed E-state index contributed by atoms with van der Waals surface area (Å²) in [5.41, 5.74) is 4.10. The molecule has 1 fully saturated rings. The van der Waals surface area contributed by atoms with Gasteiger partial charge in [0.2, 0.25) is 0 Å². The smallest absolute Gasteiger partial charge is 0.340 e. The fraction of sp³-hybridized carbons (Fsp3) is 0.238. The van der Waals surface area contributed by atoms with Gasteiger partial charge in [0.05, 0.1) is 23.3 Å². The number of fused-ring (bicyclic) bond motifs is 2. The molecule has 4 rings (SSSR count). The maximum Gasteiger partial charge on any atom is 0.340 e. The Hall–Kier alpha value is -2.88. The van der Waals surface area contributed by atoms with Crippen LogP contribution in [0.25, 0.3) is 5.57 Å². The topological polar surface area (TPSA) is 50.7 Å². The van der Waals surface area contributed by atoms with Gasteiger partial charge in [0.15, 0.2) is 0 Å². The van der Waals surface area contributed by atoms with Crippen LogP contribution in [0.15, 0.2) is 65.3 Å². The van der Waals surface area contributed by atoms with Crippen LogP contribution in [-0.2, 0) is 14.9 Å². The lowest BCUT2D eigenvalue weighted by molar-refractivity contribution is -0.136. The Labute approximate surface area is 147 Å². The van der Waals surface area contributed by atoms with Crippen molar-refractivity contribution in [3.8, 4) is 0 Å². The number of esters is 1. The summed E-state index contributed by atoms with van der Waals surface area (Å²) in [6.45, 7) is 2.97. The molecule has 126 valence electrons. The van der Waals surface area contributed by atoms with Crippen molar-refractivity contribution in [3.63, 3.8) is 0 Å². The Balaban J connectivity index is 1.94. The van der Waals surface area contributed by atoms with Crippen molar-refractivity contribution in [2.75, 3.05) is 13.2 Å². The molecule has 0 aliphatic carbocycles. The van der Waals surface area contributed by atoms with E-state index < -0.39 is 0 Å². The van der Waals surface area contributed by atoms with Gasteiger partial charge in [0.25, 0.3) is 0 Å². The number of para-hydroxylation sites is 1. The average molecular weight is 332 g/mol. The van der Waals surface area contributed by atoms with E-state index in [1.165, 1.54) is 0 Å². The summed E-state index contributed by atoms with van der Waals surface area (Å²) in [6, 6.07) is 17.9. The van der Waals surface area contributed by atoms with E-state index in [-0.39, 0.29) is 11.4 Å². The molecule has 2 aliphatic rings. The molecule has 1 N–H and O–H groups in total. The first-order chi connectivity index (χ1) is 12.3. The van der Waals surface area contributed by atoms with E-state index in [0.29, 0.717) is 12.2 Å². The lowest BCUT2D eigenvalue weighted by Gasteiger charge is -2.25. The molecule has 25 heavy (non-hydrogen) atoms. The Kier molecular flexibility index (Phi) is 3.88. The number of allylic oxidation sites excluding steroid dienone is 1. The number of nitrogens with zero attached hydrogens (tertiary/aromatic N) is 1. The molecule has 1 spiro atoms. The molecule has 1 unspecified atom stereocenters. The Morgan fingerprint density at radius 3 is 2.72 bits per heavy atom. The zero-order valence-corrected chi connectivity index (χ0v) is 14.2. The standard InChI is InChI=1S/C21H20N2O2/c1-2-25-20(24)18(15-8-4-3-5-9-15)19-21(12-13-22-19)14-23-17-11-7-6-10-16(17)21/h3-11,14,22H,2,12-13H2,1H3/b19-18-. The summed E-state index contributed by atoms with van der Waals surface area (Å²) in [5, 5.41) is 3.46.